The van der Waals surface area contributed by atoms with Crippen LogP contribution in [-0.4, -0.2) is 13.2 Å². The van der Waals surface area contributed by atoms with Gasteiger partial charge in [-0.25, -0.2) is 0 Å². The van der Waals surface area contributed by atoms with E-state index < -0.39 is 0 Å². The molecule has 3 rings (SSSR count). The summed E-state index contributed by atoms with van der Waals surface area (Å²) in [6, 6.07) is 20.8. The van der Waals surface area contributed by atoms with E-state index in [1.165, 1.54) is 21.9 Å². The predicted molar refractivity (Wildman–Crippen MR) is 103 cm³/mol. The first-order valence-corrected chi connectivity index (χ1v) is 8.68. The maximum atomic E-state index is 5.68. The second-order valence-electron chi connectivity index (χ2n) is 6.38. The summed E-state index contributed by atoms with van der Waals surface area (Å²) >= 11 is 0. The van der Waals surface area contributed by atoms with E-state index in [0.29, 0.717) is 0 Å². The smallest absolute Gasteiger partial charge is 0.123 e. The molecule has 3 nitrogen and oxygen atoms in total. The Bertz CT molecular complexity index is 825. The van der Waals surface area contributed by atoms with Crippen LogP contribution in [0.15, 0.2) is 60.7 Å². The lowest BCUT2D eigenvalue weighted by atomic mass is 10.0. The zero-order valence-corrected chi connectivity index (χ0v) is 15.1. The van der Waals surface area contributed by atoms with Gasteiger partial charge in [0.05, 0.1) is 13.2 Å². The van der Waals surface area contributed by atoms with Crippen molar-refractivity contribution in [1.29, 1.82) is 0 Å². The third-order valence-corrected chi connectivity index (χ3v) is 4.14. The highest BCUT2D eigenvalue weighted by Crippen LogP contribution is 2.27. The average molecular weight is 335 g/mol. The van der Waals surface area contributed by atoms with Crippen LogP contribution in [0.2, 0.25) is 0 Å². The molecule has 0 atom stereocenters. The van der Waals surface area contributed by atoms with E-state index in [2.05, 4.69) is 47.8 Å². The SMILES string of the molecule is COc1ccc2ccccc2c1CNCc1ccc(OC(C)C)cc1. The lowest BCUT2D eigenvalue weighted by Crippen LogP contribution is -2.14. The summed E-state index contributed by atoms with van der Waals surface area (Å²) in [5.41, 5.74) is 2.43. The molecule has 1 N–H and O–H groups in total. The maximum Gasteiger partial charge on any atom is 0.123 e. The minimum absolute atomic E-state index is 0.197. The highest BCUT2D eigenvalue weighted by Gasteiger charge is 2.08. The van der Waals surface area contributed by atoms with Crippen molar-refractivity contribution in [2.24, 2.45) is 0 Å². The molecule has 130 valence electrons. The molecule has 0 aromatic heterocycles. The number of hydrogen-bond donors (Lipinski definition) is 1. The van der Waals surface area contributed by atoms with Crippen LogP contribution in [-0.2, 0) is 13.1 Å². The topological polar surface area (TPSA) is 30.5 Å². The number of benzene rings is 3. The van der Waals surface area contributed by atoms with E-state index in [9.17, 15) is 0 Å². The molecule has 3 heteroatoms. The lowest BCUT2D eigenvalue weighted by Gasteiger charge is -2.13. The van der Waals surface area contributed by atoms with Crippen molar-refractivity contribution in [2.75, 3.05) is 7.11 Å². The molecule has 0 aliphatic carbocycles. The van der Waals surface area contributed by atoms with Crippen LogP contribution >= 0.6 is 0 Å². The molecule has 3 aromatic rings. The van der Waals surface area contributed by atoms with Gasteiger partial charge in [0.1, 0.15) is 11.5 Å². The van der Waals surface area contributed by atoms with Gasteiger partial charge in [-0.1, -0.05) is 42.5 Å². The van der Waals surface area contributed by atoms with Gasteiger partial charge < -0.3 is 14.8 Å². The second kappa shape index (κ2) is 8.04. The van der Waals surface area contributed by atoms with Crippen LogP contribution in [0.5, 0.6) is 11.5 Å². The lowest BCUT2D eigenvalue weighted by molar-refractivity contribution is 0.242. The fourth-order valence-electron chi connectivity index (χ4n) is 2.98. The fraction of sp³-hybridized carbons (Fsp3) is 0.273. The van der Waals surface area contributed by atoms with E-state index in [-0.39, 0.29) is 6.10 Å². The normalized spacial score (nSPS) is 11.0. The molecule has 0 saturated heterocycles. The van der Waals surface area contributed by atoms with Crippen molar-refractivity contribution in [1.82, 2.24) is 5.32 Å². The first-order valence-electron chi connectivity index (χ1n) is 8.68. The van der Waals surface area contributed by atoms with Crippen molar-refractivity contribution >= 4 is 10.8 Å². The van der Waals surface area contributed by atoms with E-state index in [0.717, 1.165) is 24.6 Å². The maximum absolute atomic E-state index is 5.68. The van der Waals surface area contributed by atoms with Crippen molar-refractivity contribution in [3.8, 4) is 11.5 Å². The van der Waals surface area contributed by atoms with Crippen molar-refractivity contribution in [3.05, 3.63) is 71.8 Å². The molecule has 0 radical (unpaired) electrons. The molecule has 0 aliphatic heterocycles. The van der Waals surface area contributed by atoms with Gasteiger partial charge in [-0.2, -0.15) is 0 Å². The molecule has 0 fully saturated rings. The summed E-state index contributed by atoms with van der Waals surface area (Å²) in [6.07, 6.45) is 0.197. The third kappa shape index (κ3) is 4.31. The largest absolute Gasteiger partial charge is 0.496 e. The van der Waals surface area contributed by atoms with Crippen LogP contribution in [0.3, 0.4) is 0 Å². The molecule has 0 heterocycles. The molecule has 0 saturated carbocycles. The minimum atomic E-state index is 0.197. The average Bonchev–Trinajstić information content (AvgIpc) is 2.63. The molecule has 0 spiro atoms. The van der Waals surface area contributed by atoms with E-state index >= 15 is 0 Å². The Kier molecular flexibility index (Phi) is 5.56. The van der Waals surface area contributed by atoms with E-state index in [4.69, 9.17) is 9.47 Å². The predicted octanol–water partition coefficient (Wildman–Crippen LogP) is 4.93. The molecule has 25 heavy (non-hydrogen) atoms. The van der Waals surface area contributed by atoms with Crippen LogP contribution in [0, 0.1) is 0 Å². The van der Waals surface area contributed by atoms with E-state index in [1.807, 2.05) is 32.0 Å². The van der Waals surface area contributed by atoms with Gasteiger partial charge in [0.2, 0.25) is 0 Å². The van der Waals surface area contributed by atoms with Gasteiger partial charge in [0.25, 0.3) is 0 Å². The van der Waals surface area contributed by atoms with Crippen molar-refractivity contribution in [2.45, 2.75) is 33.0 Å². The Morgan fingerprint density at radius 3 is 2.36 bits per heavy atom. The van der Waals surface area contributed by atoms with Gasteiger partial charge in [0.15, 0.2) is 0 Å². The molecule has 0 unspecified atom stereocenters. The number of ether oxygens (including phenoxy) is 2. The highest BCUT2D eigenvalue weighted by atomic mass is 16.5. The number of fused-ring (bicyclic) bond motifs is 1. The number of nitrogens with one attached hydrogen (secondary N) is 1. The zero-order chi connectivity index (χ0) is 17.6. The zero-order valence-electron chi connectivity index (χ0n) is 15.1. The molecule has 3 aromatic carbocycles. The van der Waals surface area contributed by atoms with Gasteiger partial charge in [-0.15, -0.1) is 0 Å². The standard InChI is InChI=1S/C22H25NO2/c1-16(2)25-19-11-8-17(9-12-19)14-23-15-21-20-7-5-4-6-18(20)10-13-22(21)24-3/h4-13,16,23H,14-15H2,1-3H3. The second-order valence-corrected chi connectivity index (χ2v) is 6.38. The number of methoxy groups -OCH3 is 1. The Morgan fingerprint density at radius 1 is 0.880 bits per heavy atom. The monoisotopic (exact) mass is 335 g/mol. The van der Waals surface area contributed by atoms with Crippen molar-refractivity contribution < 1.29 is 9.47 Å². The summed E-state index contributed by atoms with van der Waals surface area (Å²) in [7, 11) is 1.72. The molecular formula is C22H25NO2. The minimum Gasteiger partial charge on any atom is -0.496 e. The molecule has 0 aliphatic rings. The van der Waals surface area contributed by atoms with Gasteiger partial charge >= 0.3 is 0 Å². The summed E-state index contributed by atoms with van der Waals surface area (Å²) < 4.78 is 11.2. The quantitative estimate of drug-likeness (QED) is 0.664. The van der Waals surface area contributed by atoms with Crippen LogP contribution in [0.1, 0.15) is 25.0 Å². The fourth-order valence-corrected chi connectivity index (χ4v) is 2.98. The van der Waals surface area contributed by atoms with Crippen LogP contribution < -0.4 is 14.8 Å². The van der Waals surface area contributed by atoms with E-state index in [1.54, 1.807) is 7.11 Å². The highest BCUT2D eigenvalue weighted by molar-refractivity contribution is 5.87. The molecular weight excluding hydrogens is 310 g/mol. The Morgan fingerprint density at radius 2 is 1.64 bits per heavy atom. The van der Waals surface area contributed by atoms with Crippen LogP contribution in [0.25, 0.3) is 10.8 Å². The van der Waals surface area contributed by atoms with Gasteiger partial charge in [0, 0.05) is 18.7 Å². The Labute approximate surface area is 149 Å². The summed E-state index contributed by atoms with van der Waals surface area (Å²) in [6.45, 7) is 5.63. The number of rotatable bonds is 7. The van der Waals surface area contributed by atoms with Gasteiger partial charge in [-0.05, 0) is 48.4 Å². The first kappa shape index (κ1) is 17.3. The summed E-state index contributed by atoms with van der Waals surface area (Å²) in [5.74, 6) is 1.83. The Balaban J connectivity index is 1.68. The van der Waals surface area contributed by atoms with Crippen LogP contribution in [0.4, 0.5) is 0 Å². The molecule has 0 bridgehead atoms. The third-order valence-electron chi connectivity index (χ3n) is 4.14. The molecule has 0 amide bonds. The number of hydrogen-bond acceptors (Lipinski definition) is 3. The Hall–Kier alpha value is -2.52. The van der Waals surface area contributed by atoms with Crippen molar-refractivity contribution in [3.63, 3.8) is 0 Å². The summed E-state index contributed by atoms with van der Waals surface area (Å²) in [4.78, 5) is 0. The first-order chi connectivity index (χ1) is 12.2. The van der Waals surface area contributed by atoms with Gasteiger partial charge in [-0.3, -0.25) is 0 Å². The summed E-state index contributed by atoms with van der Waals surface area (Å²) in [5, 5.41) is 5.99.